The third kappa shape index (κ3) is 24.4. The fourth-order valence-corrected chi connectivity index (χ4v) is 3.36. The lowest BCUT2D eigenvalue weighted by Crippen LogP contribution is -2.15. The van der Waals surface area contributed by atoms with Crippen LogP contribution in [0.3, 0.4) is 0 Å². The first-order chi connectivity index (χ1) is 16.1. The Hall–Kier alpha value is -2.24. The van der Waals surface area contributed by atoms with Gasteiger partial charge in [-0.3, -0.25) is 14.4 Å². The van der Waals surface area contributed by atoms with Gasteiger partial charge in [-0.2, -0.15) is 0 Å². The summed E-state index contributed by atoms with van der Waals surface area (Å²) in [4.78, 5) is 43.5. The predicted molar refractivity (Wildman–Crippen MR) is 138 cm³/mol. The Morgan fingerprint density at radius 1 is 0.647 bits per heavy atom. The van der Waals surface area contributed by atoms with Crippen LogP contribution >= 0.6 is 0 Å². The number of carboxylic acids is 2. The van der Waals surface area contributed by atoms with Crippen molar-refractivity contribution in [2.45, 2.75) is 118 Å². The highest BCUT2D eigenvalue weighted by atomic mass is 16.4. The molecule has 0 radical (unpaired) electrons. The van der Waals surface area contributed by atoms with Crippen LogP contribution in [0, 0.1) is 11.8 Å². The lowest BCUT2D eigenvalue weighted by Gasteiger charge is -2.07. The molecule has 0 aromatic heterocycles. The van der Waals surface area contributed by atoms with Gasteiger partial charge in [0, 0.05) is 12.3 Å². The third-order valence-electron chi connectivity index (χ3n) is 5.50. The molecule has 0 fully saturated rings. The van der Waals surface area contributed by atoms with Crippen LogP contribution in [0.25, 0.3) is 0 Å². The summed E-state index contributed by atoms with van der Waals surface area (Å²) >= 11 is 0. The highest BCUT2D eigenvalue weighted by Gasteiger charge is 2.17. The predicted octanol–water partition coefficient (Wildman–Crippen LogP) is 7.17. The number of ketones is 2. The number of aliphatic carboxylic acids is 2. The largest absolute Gasteiger partial charge is 0.481 e. The van der Waals surface area contributed by atoms with Crippen molar-refractivity contribution in [3.8, 4) is 0 Å². The van der Waals surface area contributed by atoms with E-state index >= 15 is 0 Å². The first-order valence-corrected chi connectivity index (χ1v) is 12.9. The zero-order chi connectivity index (χ0) is 26.2. The van der Waals surface area contributed by atoms with Crippen LogP contribution in [-0.2, 0) is 19.2 Å². The van der Waals surface area contributed by atoms with Gasteiger partial charge in [-0.15, -0.1) is 0 Å². The van der Waals surface area contributed by atoms with Gasteiger partial charge >= 0.3 is 11.9 Å². The molecule has 0 aliphatic carbocycles. The zero-order valence-corrected chi connectivity index (χ0v) is 21.9. The maximum atomic E-state index is 11.2. The lowest BCUT2D eigenvalue weighted by atomic mass is 9.97. The van der Waals surface area contributed by atoms with Gasteiger partial charge in [0.15, 0.2) is 0 Å². The van der Waals surface area contributed by atoms with Crippen LogP contribution in [-0.4, -0.2) is 33.7 Å². The van der Waals surface area contributed by atoms with Crippen molar-refractivity contribution in [2.75, 3.05) is 0 Å². The molecule has 0 heterocycles. The van der Waals surface area contributed by atoms with Crippen LogP contribution in [0.4, 0.5) is 0 Å². The fourth-order valence-electron chi connectivity index (χ4n) is 3.36. The van der Waals surface area contributed by atoms with E-state index in [1.54, 1.807) is 0 Å². The number of carbonyl (C=O) groups excluding carboxylic acids is 2. The standard InChI is InChI=1S/2C14H24O3/c1-3-4-5-6-7-8-9-10-13(12(2)15)11-14(16)17;1-3-4-5-6-7-8-9-10-13(14(16)17)11-12(2)15/h2*8-9,13H,3-7,10-11H2,1-2H3,(H,16,17). The van der Waals surface area contributed by atoms with Crippen LogP contribution < -0.4 is 0 Å². The second-order valence-corrected chi connectivity index (χ2v) is 8.96. The summed E-state index contributed by atoms with van der Waals surface area (Å²) in [5.41, 5.74) is 0. The molecular formula is C28H48O6. The van der Waals surface area contributed by atoms with Crippen molar-refractivity contribution >= 4 is 23.5 Å². The molecule has 0 spiro atoms. The summed E-state index contributed by atoms with van der Waals surface area (Å²) in [5, 5.41) is 17.6. The highest BCUT2D eigenvalue weighted by molar-refractivity contribution is 5.83. The number of allylic oxidation sites excluding steroid dienone is 4. The minimum atomic E-state index is -0.901. The van der Waals surface area contributed by atoms with Crippen molar-refractivity contribution < 1.29 is 29.4 Å². The topological polar surface area (TPSA) is 109 Å². The Balaban J connectivity index is 0. The van der Waals surface area contributed by atoms with Crippen molar-refractivity contribution in [1.29, 1.82) is 0 Å². The molecule has 0 amide bonds. The number of unbranched alkanes of at least 4 members (excludes halogenated alkanes) is 8. The SMILES string of the molecule is CCCCCCC=CCC(CC(=O)O)C(C)=O.CCCCCCC=CCC(CC(C)=O)C(=O)O. The normalized spacial score (nSPS) is 12.8. The van der Waals surface area contributed by atoms with Gasteiger partial charge in [0.2, 0.25) is 0 Å². The molecule has 2 unspecified atom stereocenters. The van der Waals surface area contributed by atoms with Crippen molar-refractivity contribution in [1.82, 2.24) is 0 Å². The molecule has 2 N–H and O–H groups in total. The minimum absolute atomic E-state index is 0.0389. The maximum Gasteiger partial charge on any atom is 0.307 e. The Morgan fingerprint density at radius 3 is 1.47 bits per heavy atom. The smallest absolute Gasteiger partial charge is 0.307 e. The van der Waals surface area contributed by atoms with Gasteiger partial charge in [0.05, 0.1) is 12.3 Å². The first kappa shape index (κ1) is 33.9. The molecular weight excluding hydrogens is 432 g/mol. The van der Waals surface area contributed by atoms with E-state index in [0.717, 1.165) is 19.3 Å². The molecule has 0 bridgehead atoms. The summed E-state index contributed by atoms with van der Waals surface area (Å²) in [6, 6.07) is 0. The monoisotopic (exact) mass is 480 g/mol. The molecule has 196 valence electrons. The molecule has 0 aromatic rings. The number of Topliss-reactive ketones (excluding diaryl/α,β-unsaturated/α-hetero) is 2. The van der Waals surface area contributed by atoms with Crippen molar-refractivity contribution in [3.63, 3.8) is 0 Å². The van der Waals surface area contributed by atoms with Gasteiger partial charge in [-0.1, -0.05) is 76.7 Å². The molecule has 0 aliphatic rings. The number of rotatable bonds is 20. The van der Waals surface area contributed by atoms with Gasteiger partial charge < -0.3 is 15.0 Å². The Labute approximate surface area is 206 Å². The Bertz CT molecular complexity index is 566. The van der Waals surface area contributed by atoms with Crippen molar-refractivity contribution in [3.05, 3.63) is 24.3 Å². The molecule has 0 aliphatic heterocycles. The first-order valence-electron chi connectivity index (χ1n) is 12.9. The molecule has 34 heavy (non-hydrogen) atoms. The zero-order valence-electron chi connectivity index (χ0n) is 21.9. The molecule has 6 heteroatoms. The summed E-state index contributed by atoms with van der Waals surface area (Å²) in [6.07, 6.45) is 20.9. The minimum Gasteiger partial charge on any atom is -0.481 e. The molecule has 0 saturated carbocycles. The lowest BCUT2D eigenvalue weighted by molar-refractivity contribution is -0.143. The number of carboxylic acid groups (broad SMARTS) is 2. The summed E-state index contributed by atoms with van der Waals surface area (Å²) < 4.78 is 0. The average molecular weight is 481 g/mol. The highest BCUT2D eigenvalue weighted by Crippen LogP contribution is 2.13. The number of carbonyl (C=O) groups is 4. The van der Waals surface area contributed by atoms with Gasteiger partial charge in [0.25, 0.3) is 0 Å². The maximum absolute atomic E-state index is 11.2. The van der Waals surface area contributed by atoms with Crippen LogP contribution in [0.5, 0.6) is 0 Å². The van der Waals surface area contributed by atoms with Gasteiger partial charge in [-0.05, 0) is 52.4 Å². The summed E-state index contributed by atoms with van der Waals surface area (Å²) in [7, 11) is 0. The van der Waals surface area contributed by atoms with E-state index in [1.807, 2.05) is 18.2 Å². The second-order valence-electron chi connectivity index (χ2n) is 8.96. The van der Waals surface area contributed by atoms with E-state index in [9.17, 15) is 19.2 Å². The van der Waals surface area contributed by atoms with E-state index in [4.69, 9.17) is 10.2 Å². The Morgan fingerprint density at radius 2 is 1.12 bits per heavy atom. The van der Waals surface area contributed by atoms with Crippen LogP contribution in [0.1, 0.15) is 118 Å². The van der Waals surface area contributed by atoms with E-state index in [-0.39, 0.29) is 30.3 Å². The van der Waals surface area contributed by atoms with Crippen LogP contribution in [0.15, 0.2) is 24.3 Å². The average Bonchev–Trinajstić information content (AvgIpc) is 2.76. The molecule has 2 atom stereocenters. The molecule has 6 nitrogen and oxygen atoms in total. The van der Waals surface area contributed by atoms with E-state index in [0.29, 0.717) is 12.8 Å². The summed E-state index contributed by atoms with van der Waals surface area (Å²) in [5.74, 6) is -2.80. The quantitative estimate of drug-likeness (QED) is 0.141. The van der Waals surface area contributed by atoms with E-state index in [2.05, 4.69) is 19.9 Å². The van der Waals surface area contributed by atoms with Crippen LogP contribution in [0.2, 0.25) is 0 Å². The van der Waals surface area contributed by atoms with Gasteiger partial charge in [-0.25, -0.2) is 0 Å². The molecule has 0 saturated heterocycles. The van der Waals surface area contributed by atoms with E-state index in [1.165, 1.54) is 58.8 Å². The number of hydrogen-bond donors (Lipinski definition) is 2. The molecule has 0 aromatic carbocycles. The second kappa shape index (κ2) is 23.9. The third-order valence-corrected chi connectivity index (χ3v) is 5.50. The van der Waals surface area contributed by atoms with Gasteiger partial charge in [0.1, 0.15) is 11.6 Å². The summed E-state index contributed by atoms with van der Waals surface area (Å²) in [6.45, 7) is 7.25. The number of hydrogen-bond acceptors (Lipinski definition) is 4. The Kier molecular flexibility index (Phi) is 23.9. The molecule has 0 rings (SSSR count). The van der Waals surface area contributed by atoms with Crippen molar-refractivity contribution in [2.24, 2.45) is 11.8 Å². The fraction of sp³-hybridized carbons (Fsp3) is 0.714. The van der Waals surface area contributed by atoms with E-state index < -0.39 is 17.9 Å².